The molecule has 1 aliphatic rings. The summed E-state index contributed by atoms with van der Waals surface area (Å²) in [7, 11) is 1.60. The Balaban J connectivity index is 1.33. The highest BCUT2D eigenvalue weighted by atomic mass is 16.5. The number of methoxy groups -OCH3 is 1. The van der Waals surface area contributed by atoms with Gasteiger partial charge in [-0.25, -0.2) is 0 Å². The molecule has 1 aliphatic heterocycles. The van der Waals surface area contributed by atoms with Crippen molar-refractivity contribution >= 4 is 17.8 Å². The number of carbonyl (C=O) groups is 2. The van der Waals surface area contributed by atoms with Crippen LogP contribution in [-0.4, -0.2) is 41.7 Å². The molecular weight excluding hydrogens is 398 g/mol. The van der Waals surface area contributed by atoms with Crippen molar-refractivity contribution < 1.29 is 23.8 Å². The number of aromatic nitrogens is 2. The first-order valence-electron chi connectivity index (χ1n) is 9.71. The quantitative estimate of drug-likeness (QED) is 0.565. The van der Waals surface area contributed by atoms with Crippen LogP contribution in [0.5, 0.6) is 17.2 Å². The summed E-state index contributed by atoms with van der Waals surface area (Å²) in [5, 5.41) is 6.83. The van der Waals surface area contributed by atoms with Gasteiger partial charge in [-0.1, -0.05) is 12.1 Å². The van der Waals surface area contributed by atoms with E-state index in [4.69, 9.17) is 14.2 Å². The summed E-state index contributed by atoms with van der Waals surface area (Å²) in [6.45, 7) is 0.891. The van der Waals surface area contributed by atoms with E-state index in [1.54, 1.807) is 42.3 Å². The lowest BCUT2D eigenvalue weighted by atomic mass is 10.1. The van der Waals surface area contributed by atoms with Crippen LogP contribution in [0.4, 0.5) is 0 Å². The van der Waals surface area contributed by atoms with Crippen molar-refractivity contribution in [2.24, 2.45) is 0 Å². The largest absolute Gasteiger partial charge is 0.497 e. The predicted octanol–water partition coefficient (Wildman–Crippen LogP) is 2.70. The lowest BCUT2D eigenvalue weighted by Crippen LogP contribution is -2.31. The smallest absolute Gasteiger partial charge is 0.258 e. The van der Waals surface area contributed by atoms with Crippen molar-refractivity contribution in [1.82, 2.24) is 15.1 Å². The standard InChI is InChI=1S/C23H21N3O5/c1-29-17-5-3-16(4-6-17)13-21-23(28)19-8-7-18(14-20(19)31-21)30-15-22(27)24-10-12-26-11-2-9-25-26/h2-9,11,13-14H,10,12,15H2,1H3,(H,24,27). The van der Waals surface area contributed by atoms with Crippen LogP contribution in [-0.2, 0) is 11.3 Å². The Morgan fingerprint density at radius 1 is 1.19 bits per heavy atom. The maximum Gasteiger partial charge on any atom is 0.258 e. The Labute approximate surface area is 179 Å². The van der Waals surface area contributed by atoms with E-state index >= 15 is 0 Å². The number of hydrogen-bond acceptors (Lipinski definition) is 6. The molecule has 0 saturated heterocycles. The van der Waals surface area contributed by atoms with E-state index < -0.39 is 0 Å². The fourth-order valence-corrected chi connectivity index (χ4v) is 3.05. The van der Waals surface area contributed by atoms with E-state index in [9.17, 15) is 9.59 Å². The first-order chi connectivity index (χ1) is 15.1. The molecule has 0 spiro atoms. The van der Waals surface area contributed by atoms with E-state index in [2.05, 4.69) is 10.4 Å². The summed E-state index contributed by atoms with van der Waals surface area (Å²) in [6.07, 6.45) is 5.18. The normalized spacial score (nSPS) is 13.6. The van der Waals surface area contributed by atoms with Gasteiger partial charge in [0, 0.05) is 25.0 Å². The van der Waals surface area contributed by atoms with Gasteiger partial charge in [-0.3, -0.25) is 14.3 Å². The summed E-state index contributed by atoms with van der Waals surface area (Å²) in [5.74, 6) is 1.37. The van der Waals surface area contributed by atoms with Gasteiger partial charge in [-0.2, -0.15) is 5.10 Å². The zero-order chi connectivity index (χ0) is 21.6. The second-order valence-corrected chi connectivity index (χ2v) is 6.78. The molecule has 0 aliphatic carbocycles. The Morgan fingerprint density at radius 2 is 2.00 bits per heavy atom. The Bertz CT molecular complexity index is 1100. The Hall–Kier alpha value is -4.07. The Kier molecular flexibility index (Phi) is 5.98. The number of allylic oxidation sites excluding steroid dienone is 1. The number of nitrogens with one attached hydrogen (secondary N) is 1. The molecule has 0 radical (unpaired) electrons. The van der Waals surface area contributed by atoms with Crippen LogP contribution in [0, 0.1) is 0 Å². The average Bonchev–Trinajstić information content (AvgIpc) is 3.41. The fraction of sp³-hybridized carbons (Fsp3) is 0.174. The summed E-state index contributed by atoms with van der Waals surface area (Å²) in [6, 6.07) is 14.0. The second kappa shape index (κ2) is 9.17. The van der Waals surface area contributed by atoms with E-state index in [0.29, 0.717) is 30.2 Å². The Morgan fingerprint density at radius 3 is 2.74 bits per heavy atom. The SMILES string of the molecule is COc1ccc(C=C2Oc3cc(OCC(=O)NCCn4cccn4)ccc3C2=O)cc1. The molecule has 4 rings (SSSR count). The number of Topliss-reactive ketones (excluding diaryl/α,β-unsaturated/α-hetero) is 1. The minimum Gasteiger partial charge on any atom is -0.497 e. The van der Waals surface area contributed by atoms with Crippen molar-refractivity contribution in [2.75, 3.05) is 20.3 Å². The molecule has 0 fully saturated rings. The molecule has 0 bridgehead atoms. The molecule has 0 atom stereocenters. The van der Waals surface area contributed by atoms with E-state index in [0.717, 1.165) is 11.3 Å². The minimum atomic E-state index is -0.246. The molecule has 8 nitrogen and oxygen atoms in total. The van der Waals surface area contributed by atoms with Crippen molar-refractivity contribution in [2.45, 2.75) is 6.54 Å². The van der Waals surface area contributed by atoms with Crippen LogP contribution in [0.3, 0.4) is 0 Å². The zero-order valence-corrected chi connectivity index (χ0v) is 16.9. The van der Waals surface area contributed by atoms with Crippen LogP contribution < -0.4 is 19.5 Å². The highest BCUT2D eigenvalue weighted by Gasteiger charge is 2.27. The lowest BCUT2D eigenvalue weighted by molar-refractivity contribution is -0.123. The summed E-state index contributed by atoms with van der Waals surface area (Å²) >= 11 is 0. The van der Waals surface area contributed by atoms with Gasteiger partial charge in [0.25, 0.3) is 5.91 Å². The average molecular weight is 419 g/mol. The molecule has 1 aromatic heterocycles. The van der Waals surface area contributed by atoms with Crippen LogP contribution in [0.15, 0.2) is 66.7 Å². The number of hydrogen-bond donors (Lipinski definition) is 1. The fourth-order valence-electron chi connectivity index (χ4n) is 3.05. The van der Waals surface area contributed by atoms with Crippen molar-refractivity contribution in [3.63, 3.8) is 0 Å². The summed E-state index contributed by atoms with van der Waals surface area (Å²) in [5.41, 5.74) is 1.27. The van der Waals surface area contributed by atoms with Gasteiger partial charge < -0.3 is 19.5 Å². The van der Waals surface area contributed by atoms with Crippen molar-refractivity contribution in [3.8, 4) is 17.2 Å². The van der Waals surface area contributed by atoms with Crippen LogP contribution in [0.25, 0.3) is 6.08 Å². The van der Waals surface area contributed by atoms with Crippen LogP contribution >= 0.6 is 0 Å². The number of benzene rings is 2. The number of carbonyl (C=O) groups excluding carboxylic acids is 2. The van der Waals surface area contributed by atoms with Crippen molar-refractivity contribution in [1.29, 1.82) is 0 Å². The van der Waals surface area contributed by atoms with Gasteiger partial charge >= 0.3 is 0 Å². The zero-order valence-electron chi connectivity index (χ0n) is 16.9. The third kappa shape index (κ3) is 4.92. The van der Waals surface area contributed by atoms with Gasteiger partial charge in [0.2, 0.25) is 5.78 Å². The summed E-state index contributed by atoms with van der Waals surface area (Å²) < 4.78 is 18.1. The molecule has 0 unspecified atom stereocenters. The third-order valence-electron chi connectivity index (χ3n) is 4.65. The maximum atomic E-state index is 12.6. The van der Waals surface area contributed by atoms with E-state index in [1.165, 1.54) is 0 Å². The van der Waals surface area contributed by atoms with Gasteiger partial charge in [-0.15, -0.1) is 0 Å². The molecule has 2 aromatic carbocycles. The van der Waals surface area contributed by atoms with Crippen molar-refractivity contribution in [3.05, 3.63) is 77.8 Å². The second-order valence-electron chi connectivity index (χ2n) is 6.78. The van der Waals surface area contributed by atoms with Crippen LogP contribution in [0.2, 0.25) is 0 Å². The molecule has 1 N–H and O–H groups in total. The van der Waals surface area contributed by atoms with Gasteiger partial charge in [0.15, 0.2) is 12.4 Å². The third-order valence-corrected chi connectivity index (χ3v) is 4.65. The van der Waals surface area contributed by atoms with Gasteiger partial charge in [0.1, 0.15) is 17.2 Å². The number of rotatable bonds is 8. The lowest BCUT2D eigenvalue weighted by Gasteiger charge is -2.08. The molecule has 0 saturated carbocycles. The number of fused-ring (bicyclic) bond motifs is 1. The minimum absolute atomic E-state index is 0.139. The molecule has 158 valence electrons. The molecule has 3 aromatic rings. The van der Waals surface area contributed by atoms with Crippen LogP contribution in [0.1, 0.15) is 15.9 Å². The molecule has 31 heavy (non-hydrogen) atoms. The summed E-state index contributed by atoms with van der Waals surface area (Å²) in [4.78, 5) is 24.5. The van der Waals surface area contributed by atoms with E-state index in [1.807, 2.05) is 36.5 Å². The topological polar surface area (TPSA) is 91.7 Å². The predicted molar refractivity (Wildman–Crippen MR) is 113 cm³/mol. The number of ketones is 1. The maximum absolute atomic E-state index is 12.6. The monoisotopic (exact) mass is 419 g/mol. The number of amides is 1. The molecular formula is C23H21N3O5. The van der Waals surface area contributed by atoms with Gasteiger partial charge in [-0.05, 0) is 42.0 Å². The molecule has 8 heteroatoms. The first kappa shape index (κ1) is 20.2. The molecule has 1 amide bonds. The van der Waals surface area contributed by atoms with Gasteiger partial charge in [0.05, 0.1) is 19.2 Å². The first-order valence-corrected chi connectivity index (χ1v) is 9.71. The molecule has 2 heterocycles. The highest BCUT2D eigenvalue weighted by Crippen LogP contribution is 2.35. The van der Waals surface area contributed by atoms with E-state index in [-0.39, 0.29) is 24.1 Å². The number of nitrogens with zero attached hydrogens (tertiary/aromatic N) is 2. The highest BCUT2D eigenvalue weighted by molar-refractivity contribution is 6.14. The number of ether oxygens (including phenoxy) is 3.